The Hall–Kier alpha value is -2.61. The lowest BCUT2D eigenvalue weighted by molar-refractivity contribution is -0.328. The number of hydrogen-bond acceptors (Lipinski definition) is 7. The number of para-hydroxylation sites is 2. The molecule has 2 aromatic carbocycles. The lowest BCUT2D eigenvalue weighted by Crippen LogP contribution is -2.62. The molecular formula is C16H14O7. The predicted octanol–water partition coefficient (Wildman–Crippen LogP) is 0.502. The number of ether oxygens (including phenoxy) is 2. The number of carbonyl (C=O) groups excluding carboxylic acids is 1. The van der Waals surface area contributed by atoms with Crippen LogP contribution in [0.15, 0.2) is 42.5 Å². The molecule has 120 valence electrons. The number of rotatable bonds is 2. The van der Waals surface area contributed by atoms with Crippen molar-refractivity contribution in [1.82, 2.24) is 0 Å². The number of aliphatic hydroxyl groups is 3. The highest BCUT2D eigenvalue weighted by Gasteiger charge is 2.62. The summed E-state index contributed by atoms with van der Waals surface area (Å²) in [6.45, 7) is 0. The van der Waals surface area contributed by atoms with Crippen LogP contribution in [0.4, 0.5) is 0 Å². The summed E-state index contributed by atoms with van der Waals surface area (Å²) in [5.74, 6) is -7.99. The first-order valence-electron chi connectivity index (χ1n) is 6.69. The number of benzene rings is 2. The summed E-state index contributed by atoms with van der Waals surface area (Å²) in [7, 11) is 1.29. The SMILES string of the molecule is COc1cccc(C2(O)Oc3ccccc3C(=O)C2(O)O)c1O. The van der Waals surface area contributed by atoms with Crippen LogP contribution in [0.25, 0.3) is 0 Å². The van der Waals surface area contributed by atoms with E-state index in [1.54, 1.807) is 6.07 Å². The van der Waals surface area contributed by atoms with Crippen LogP contribution in [0.3, 0.4) is 0 Å². The van der Waals surface area contributed by atoms with Gasteiger partial charge in [-0.1, -0.05) is 18.2 Å². The van der Waals surface area contributed by atoms with Gasteiger partial charge in [0.25, 0.3) is 0 Å². The molecule has 0 fully saturated rings. The second kappa shape index (κ2) is 4.95. The summed E-state index contributed by atoms with van der Waals surface area (Å²) in [6.07, 6.45) is 0. The van der Waals surface area contributed by atoms with E-state index in [2.05, 4.69) is 0 Å². The summed E-state index contributed by atoms with van der Waals surface area (Å²) in [4.78, 5) is 12.3. The molecule has 1 atom stereocenters. The molecule has 1 aliphatic rings. The van der Waals surface area contributed by atoms with Gasteiger partial charge in [0.05, 0.1) is 18.2 Å². The van der Waals surface area contributed by atoms with Crippen molar-refractivity contribution in [3.8, 4) is 17.2 Å². The molecule has 4 N–H and O–H groups in total. The number of Topliss-reactive ketones (excluding diaryl/α,β-unsaturated/α-hetero) is 1. The van der Waals surface area contributed by atoms with Crippen LogP contribution in [0.2, 0.25) is 0 Å². The fourth-order valence-corrected chi connectivity index (χ4v) is 2.52. The van der Waals surface area contributed by atoms with Gasteiger partial charge in [-0.05, 0) is 24.3 Å². The zero-order chi connectivity index (χ0) is 16.8. The van der Waals surface area contributed by atoms with Gasteiger partial charge >= 0.3 is 11.6 Å². The first-order chi connectivity index (χ1) is 10.8. The topological polar surface area (TPSA) is 116 Å². The molecule has 0 saturated heterocycles. The third-order valence-corrected chi connectivity index (χ3v) is 3.76. The summed E-state index contributed by atoms with van der Waals surface area (Å²) < 4.78 is 10.2. The van der Waals surface area contributed by atoms with E-state index in [1.165, 1.54) is 43.5 Å². The third-order valence-electron chi connectivity index (χ3n) is 3.76. The number of carbonyl (C=O) groups is 1. The van der Waals surface area contributed by atoms with E-state index in [0.29, 0.717) is 0 Å². The van der Waals surface area contributed by atoms with Crippen LogP contribution >= 0.6 is 0 Å². The van der Waals surface area contributed by atoms with Crippen LogP contribution in [0.1, 0.15) is 15.9 Å². The van der Waals surface area contributed by atoms with Crippen molar-refractivity contribution in [2.75, 3.05) is 7.11 Å². The molecule has 1 aliphatic heterocycles. The van der Waals surface area contributed by atoms with Gasteiger partial charge < -0.3 is 29.9 Å². The normalized spacial score (nSPS) is 22.2. The molecule has 0 amide bonds. The zero-order valence-electron chi connectivity index (χ0n) is 12.1. The van der Waals surface area contributed by atoms with Gasteiger partial charge in [-0.15, -0.1) is 0 Å². The quantitative estimate of drug-likeness (QED) is 0.596. The van der Waals surface area contributed by atoms with Gasteiger partial charge in [-0.25, -0.2) is 0 Å². The van der Waals surface area contributed by atoms with E-state index in [-0.39, 0.29) is 17.1 Å². The highest BCUT2D eigenvalue weighted by molar-refractivity contribution is 6.05. The maximum Gasteiger partial charge on any atom is 0.301 e. The largest absolute Gasteiger partial charge is 0.504 e. The van der Waals surface area contributed by atoms with Gasteiger partial charge in [0.1, 0.15) is 5.75 Å². The minimum atomic E-state index is -3.30. The molecule has 0 saturated carbocycles. The van der Waals surface area contributed by atoms with Crippen LogP contribution in [-0.4, -0.2) is 39.1 Å². The molecule has 1 unspecified atom stereocenters. The maximum absolute atomic E-state index is 12.3. The number of phenolic OH excluding ortho intramolecular Hbond substituents is 1. The summed E-state index contributed by atoms with van der Waals surface area (Å²) in [6, 6.07) is 9.80. The lowest BCUT2D eigenvalue weighted by Gasteiger charge is -2.42. The van der Waals surface area contributed by atoms with Crippen molar-refractivity contribution in [2.45, 2.75) is 11.6 Å². The molecule has 0 radical (unpaired) electrons. The first kappa shape index (κ1) is 15.3. The Morgan fingerprint density at radius 1 is 1.04 bits per heavy atom. The number of aromatic hydroxyl groups is 1. The first-order valence-corrected chi connectivity index (χ1v) is 6.69. The maximum atomic E-state index is 12.3. The molecule has 23 heavy (non-hydrogen) atoms. The summed E-state index contributed by atoms with van der Waals surface area (Å²) in [5, 5.41) is 41.4. The zero-order valence-corrected chi connectivity index (χ0v) is 12.1. The van der Waals surface area contributed by atoms with Crippen molar-refractivity contribution in [1.29, 1.82) is 0 Å². The van der Waals surface area contributed by atoms with Crippen LogP contribution in [0, 0.1) is 0 Å². The molecule has 3 rings (SSSR count). The van der Waals surface area contributed by atoms with E-state index < -0.39 is 28.7 Å². The lowest BCUT2D eigenvalue weighted by atomic mass is 9.86. The van der Waals surface area contributed by atoms with Crippen molar-refractivity contribution >= 4 is 5.78 Å². The molecule has 2 aromatic rings. The Labute approximate surface area is 131 Å². The highest BCUT2D eigenvalue weighted by atomic mass is 16.7. The number of fused-ring (bicyclic) bond motifs is 1. The number of hydrogen-bond donors (Lipinski definition) is 4. The van der Waals surface area contributed by atoms with Gasteiger partial charge in [0.2, 0.25) is 5.78 Å². The molecule has 0 aliphatic carbocycles. The van der Waals surface area contributed by atoms with E-state index in [9.17, 15) is 25.2 Å². The predicted molar refractivity (Wildman–Crippen MR) is 77.1 cm³/mol. The molecule has 7 heteroatoms. The van der Waals surface area contributed by atoms with Gasteiger partial charge in [-0.3, -0.25) is 4.79 Å². The molecule has 7 nitrogen and oxygen atoms in total. The highest BCUT2D eigenvalue weighted by Crippen LogP contribution is 2.47. The number of ketones is 1. The van der Waals surface area contributed by atoms with E-state index >= 15 is 0 Å². The van der Waals surface area contributed by atoms with Crippen molar-refractivity contribution < 1.29 is 34.7 Å². The molecule has 1 heterocycles. The minimum Gasteiger partial charge on any atom is -0.504 e. The average molecular weight is 318 g/mol. The van der Waals surface area contributed by atoms with Crippen molar-refractivity contribution in [2.24, 2.45) is 0 Å². The Balaban J connectivity index is 2.24. The average Bonchev–Trinajstić information content (AvgIpc) is 2.53. The Morgan fingerprint density at radius 3 is 2.43 bits per heavy atom. The summed E-state index contributed by atoms with van der Waals surface area (Å²) in [5.41, 5.74) is -0.505. The van der Waals surface area contributed by atoms with E-state index in [0.717, 1.165) is 0 Å². The summed E-state index contributed by atoms with van der Waals surface area (Å²) >= 11 is 0. The van der Waals surface area contributed by atoms with E-state index in [1.807, 2.05) is 0 Å². The Bertz CT molecular complexity index is 784. The second-order valence-corrected chi connectivity index (χ2v) is 5.10. The van der Waals surface area contributed by atoms with Crippen molar-refractivity contribution in [3.05, 3.63) is 53.6 Å². The minimum absolute atomic E-state index is 0.0263. The fraction of sp³-hybridized carbons (Fsp3) is 0.188. The van der Waals surface area contributed by atoms with Gasteiger partial charge in [0, 0.05) is 0 Å². The molecular weight excluding hydrogens is 304 g/mol. The third kappa shape index (κ3) is 1.98. The number of methoxy groups -OCH3 is 1. The number of phenols is 1. The van der Waals surface area contributed by atoms with Gasteiger partial charge in [-0.2, -0.15) is 0 Å². The van der Waals surface area contributed by atoms with Crippen molar-refractivity contribution in [3.63, 3.8) is 0 Å². The van der Waals surface area contributed by atoms with Crippen LogP contribution < -0.4 is 9.47 Å². The molecule has 0 spiro atoms. The van der Waals surface area contributed by atoms with Crippen LogP contribution in [-0.2, 0) is 5.79 Å². The molecule has 0 bridgehead atoms. The fourth-order valence-electron chi connectivity index (χ4n) is 2.52. The Morgan fingerprint density at radius 2 is 1.74 bits per heavy atom. The Kier molecular flexibility index (Phi) is 3.29. The molecule has 0 aromatic heterocycles. The smallest absolute Gasteiger partial charge is 0.301 e. The van der Waals surface area contributed by atoms with Gasteiger partial charge in [0.15, 0.2) is 11.5 Å². The standard InChI is InChI=1S/C16H14O7/c1-22-12-8-4-6-10(13(12)17)16(21)15(19,20)14(18)9-5-2-3-7-11(9)23-16/h2-8,17,19-21H,1H3. The van der Waals surface area contributed by atoms with E-state index in [4.69, 9.17) is 9.47 Å². The monoisotopic (exact) mass is 318 g/mol. The van der Waals surface area contributed by atoms with Crippen LogP contribution in [0.5, 0.6) is 17.2 Å². The second-order valence-electron chi connectivity index (χ2n) is 5.10.